The number of nitrogens with zero attached hydrogens (tertiary/aromatic N) is 5. The fourth-order valence-corrected chi connectivity index (χ4v) is 4.35. The zero-order chi connectivity index (χ0) is 23.8. The third kappa shape index (κ3) is 4.80. The molecular weight excluding hydrogens is 448 g/mol. The minimum atomic E-state index is -0.558. The smallest absolute Gasteiger partial charge is 0.327 e. The lowest BCUT2D eigenvalue weighted by Crippen LogP contribution is -2.29. The van der Waals surface area contributed by atoms with Crippen molar-refractivity contribution in [2.75, 3.05) is 18.4 Å². The largest absolute Gasteiger partial charge is 0.424 e. The first-order chi connectivity index (χ1) is 17.1. The lowest BCUT2D eigenvalue weighted by Gasteiger charge is -2.26. The number of aromatic nitrogens is 4. The van der Waals surface area contributed by atoms with Crippen molar-refractivity contribution >= 4 is 29.6 Å². The molecule has 0 bridgehead atoms. The molecule has 3 fully saturated rings. The molecule has 4 heterocycles. The third-order valence-electron chi connectivity index (χ3n) is 6.27. The van der Waals surface area contributed by atoms with Gasteiger partial charge in [-0.2, -0.15) is 19.6 Å². The van der Waals surface area contributed by atoms with E-state index in [-0.39, 0.29) is 11.7 Å². The lowest BCUT2D eigenvalue weighted by molar-refractivity contribution is -0.115. The molecule has 2 aromatic heterocycles. The van der Waals surface area contributed by atoms with Gasteiger partial charge < -0.3 is 15.4 Å². The Morgan fingerprint density at radius 1 is 1.11 bits per heavy atom. The monoisotopic (exact) mass is 474 g/mol. The van der Waals surface area contributed by atoms with Crippen LogP contribution in [0.2, 0.25) is 0 Å². The number of hydrogen-bond donors (Lipinski definition) is 3. The van der Waals surface area contributed by atoms with Gasteiger partial charge in [-0.1, -0.05) is 18.6 Å². The molecule has 2 aliphatic heterocycles. The lowest BCUT2D eigenvalue weighted by atomic mass is 10.1. The van der Waals surface area contributed by atoms with Crippen LogP contribution >= 0.6 is 0 Å². The molecule has 1 aliphatic carbocycles. The van der Waals surface area contributed by atoms with Crippen molar-refractivity contribution in [3.63, 3.8) is 0 Å². The summed E-state index contributed by atoms with van der Waals surface area (Å²) in [6.07, 6.45) is 9.04. The molecule has 2 saturated heterocycles. The maximum atomic E-state index is 12.0. The molecule has 0 atom stereocenters. The van der Waals surface area contributed by atoms with E-state index in [2.05, 4.69) is 42.0 Å². The van der Waals surface area contributed by atoms with Crippen LogP contribution in [-0.4, -0.2) is 55.6 Å². The highest BCUT2D eigenvalue weighted by Gasteiger charge is 2.26. The second kappa shape index (κ2) is 8.99. The van der Waals surface area contributed by atoms with Crippen molar-refractivity contribution in [1.29, 1.82) is 0 Å². The van der Waals surface area contributed by atoms with E-state index in [0.717, 1.165) is 32.5 Å². The molecule has 3 aliphatic rings. The van der Waals surface area contributed by atoms with Crippen LogP contribution in [0.5, 0.6) is 11.8 Å². The van der Waals surface area contributed by atoms with E-state index in [0.29, 0.717) is 29.0 Å². The number of fused-ring (bicyclic) bond motifs is 1. The first kappa shape index (κ1) is 21.5. The highest BCUT2D eigenvalue weighted by atomic mass is 16.5. The molecule has 3 aromatic rings. The average molecular weight is 475 g/mol. The average Bonchev–Trinajstić information content (AvgIpc) is 3.48. The first-order valence-corrected chi connectivity index (χ1v) is 12.0. The van der Waals surface area contributed by atoms with E-state index in [9.17, 15) is 9.59 Å². The summed E-state index contributed by atoms with van der Waals surface area (Å²) in [5.41, 5.74) is 2.33. The normalized spacial score (nSPS) is 19.7. The Kier molecular flexibility index (Phi) is 5.53. The molecule has 3 N–H and O–H groups in total. The molecule has 1 aromatic carbocycles. The standard InChI is InChI=1S/C24H26N8O3/c33-21-19(27-23(34)29-21)12-16-13-25-32-20(16)28-24(30-22(32)26-17-7-8-17)35-18-6-4-5-15(11-18)14-31-9-2-1-3-10-31/h4-6,11-13,17H,1-3,7-10,14H2,(H,26,28,30)(H2,27,29,33,34)/b19-12-. The topological polar surface area (TPSA) is 126 Å². The highest BCUT2D eigenvalue weighted by Crippen LogP contribution is 2.28. The third-order valence-corrected chi connectivity index (χ3v) is 6.27. The molecule has 35 heavy (non-hydrogen) atoms. The van der Waals surface area contributed by atoms with Gasteiger partial charge >= 0.3 is 12.0 Å². The van der Waals surface area contributed by atoms with Crippen LogP contribution in [0, 0.1) is 0 Å². The number of carbonyl (C=O) groups excluding carboxylic acids is 2. The molecule has 0 spiro atoms. The van der Waals surface area contributed by atoms with Gasteiger partial charge in [0.25, 0.3) is 5.91 Å². The van der Waals surface area contributed by atoms with Gasteiger partial charge in [0.1, 0.15) is 11.4 Å². The van der Waals surface area contributed by atoms with Crippen LogP contribution in [0.15, 0.2) is 36.2 Å². The predicted molar refractivity (Wildman–Crippen MR) is 128 cm³/mol. The Morgan fingerprint density at radius 2 is 1.97 bits per heavy atom. The summed E-state index contributed by atoms with van der Waals surface area (Å²) in [7, 11) is 0. The maximum absolute atomic E-state index is 12.0. The van der Waals surface area contributed by atoms with Crippen LogP contribution in [0.1, 0.15) is 43.2 Å². The van der Waals surface area contributed by atoms with Crippen molar-refractivity contribution in [3.8, 4) is 11.8 Å². The van der Waals surface area contributed by atoms with Crippen molar-refractivity contribution < 1.29 is 14.3 Å². The summed E-state index contributed by atoms with van der Waals surface area (Å²) in [5.74, 6) is 0.673. The molecule has 6 rings (SSSR count). The molecule has 180 valence electrons. The predicted octanol–water partition coefficient (Wildman–Crippen LogP) is 2.66. The van der Waals surface area contributed by atoms with E-state index >= 15 is 0 Å². The van der Waals surface area contributed by atoms with Crippen molar-refractivity contribution in [1.82, 2.24) is 35.1 Å². The van der Waals surface area contributed by atoms with E-state index in [1.54, 1.807) is 16.8 Å². The van der Waals surface area contributed by atoms with Crippen LogP contribution in [-0.2, 0) is 11.3 Å². The van der Waals surface area contributed by atoms with Gasteiger partial charge in [0, 0.05) is 18.2 Å². The fraction of sp³-hybridized carbons (Fsp3) is 0.375. The molecular formula is C24H26N8O3. The van der Waals surface area contributed by atoms with Crippen LogP contribution in [0.25, 0.3) is 11.7 Å². The van der Waals surface area contributed by atoms with Gasteiger partial charge in [0.15, 0.2) is 5.65 Å². The van der Waals surface area contributed by atoms with Gasteiger partial charge in [-0.15, -0.1) is 0 Å². The van der Waals surface area contributed by atoms with E-state index in [1.807, 2.05) is 18.2 Å². The minimum Gasteiger partial charge on any atom is -0.424 e. The maximum Gasteiger partial charge on any atom is 0.327 e. The summed E-state index contributed by atoms with van der Waals surface area (Å²) in [6, 6.07) is 7.94. The Labute approximate surface area is 201 Å². The molecule has 0 radical (unpaired) electrons. The van der Waals surface area contributed by atoms with E-state index < -0.39 is 11.9 Å². The number of benzene rings is 1. The number of anilines is 1. The Morgan fingerprint density at radius 3 is 2.74 bits per heavy atom. The van der Waals surface area contributed by atoms with Crippen molar-refractivity contribution in [2.45, 2.75) is 44.7 Å². The second-order valence-electron chi connectivity index (χ2n) is 9.14. The van der Waals surface area contributed by atoms with Gasteiger partial charge in [0.05, 0.1) is 6.20 Å². The van der Waals surface area contributed by atoms with E-state index in [1.165, 1.54) is 24.8 Å². The number of rotatable bonds is 7. The van der Waals surface area contributed by atoms with Gasteiger partial charge in [-0.3, -0.25) is 15.0 Å². The highest BCUT2D eigenvalue weighted by molar-refractivity contribution is 6.14. The number of amides is 3. The van der Waals surface area contributed by atoms with Gasteiger partial charge in [-0.05, 0) is 62.5 Å². The van der Waals surface area contributed by atoms with E-state index in [4.69, 9.17) is 4.74 Å². The summed E-state index contributed by atoms with van der Waals surface area (Å²) in [4.78, 5) is 35.1. The first-order valence-electron chi connectivity index (χ1n) is 12.0. The second-order valence-corrected chi connectivity index (χ2v) is 9.14. The number of nitrogens with one attached hydrogen (secondary N) is 3. The Balaban J connectivity index is 1.30. The number of hydrogen-bond acceptors (Lipinski definition) is 8. The van der Waals surface area contributed by atoms with Gasteiger partial charge in [0.2, 0.25) is 5.95 Å². The fourth-order valence-electron chi connectivity index (χ4n) is 4.35. The zero-order valence-corrected chi connectivity index (χ0v) is 19.2. The number of imide groups is 1. The van der Waals surface area contributed by atoms with Gasteiger partial charge in [-0.25, -0.2) is 4.79 Å². The van der Waals surface area contributed by atoms with Crippen LogP contribution in [0.4, 0.5) is 10.7 Å². The summed E-state index contributed by atoms with van der Waals surface area (Å²) in [5, 5.41) is 12.4. The summed E-state index contributed by atoms with van der Waals surface area (Å²) >= 11 is 0. The zero-order valence-electron chi connectivity index (χ0n) is 19.2. The van der Waals surface area contributed by atoms with Crippen molar-refractivity contribution in [2.24, 2.45) is 0 Å². The summed E-state index contributed by atoms with van der Waals surface area (Å²) < 4.78 is 7.68. The number of ether oxygens (including phenoxy) is 1. The molecule has 11 heteroatoms. The number of carbonyl (C=O) groups is 2. The molecule has 3 amide bonds. The SMILES string of the molecule is O=C1NC(=O)/C(=C/c2cnn3c(NC4CC4)nc(Oc4cccc(CN5CCCCC5)c4)nc23)N1. The molecule has 1 saturated carbocycles. The Hall–Kier alpha value is -3.99. The van der Waals surface area contributed by atoms with Crippen LogP contribution in [0.3, 0.4) is 0 Å². The molecule has 11 nitrogen and oxygen atoms in total. The minimum absolute atomic E-state index is 0.132. The Bertz CT molecular complexity index is 1320. The van der Waals surface area contributed by atoms with Crippen LogP contribution < -0.4 is 20.7 Å². The molecule has 0 unspecified atom stereocenters. The summed E-state index contributed by atoms with van der Waals surface area (Å²) in [6.45, 7) is 3.14. The number of likely N-dealkylation sites (tertiary alicyclic amines) is 1. The number of urea groups is 1. The number of piperidine rings is 1. The van der Waals surface area contributed by atoms with Crippen molar-refractivity contribution in [3.05, 3.63) is 47.3 Å². The quantitative estimate of drug-likeness (QED) is 0.353.